The van der Waals surface area contributed by atoms with Crippen molar-refractivity contribution >= 4 is 23.2 Å². The van der Waals surface area contributed by atoms with Gasteiger partial charge in [0, 0.05) is 35.5 Å². The minimum atomic E-state index is -3.20. The van der Waals surface area contributed by atoms with Crippen molar-refractivity contribution in [2.24, 2.45) is 0 Å². The Hall–Kier alpha value is -5.08. The van der Waals surface area contributed by atoms with Gasteiger partial charge in [-0.1, -0.05) is 42.5 Å². The molecule has 2 atom stereocenters. The molecule has 3 heterocycles. The van der Waals surface area contributed by atoms with Crippen LogP contribution in [0.1, 0.15) is 43.6 Å². The highest BCUT2D eigenvalue weighted by molar-refractivity contribution is 6.13. The average Bonchev–Trinajstić information content (AvgIpc) is 3.65. The van der Waals surface area contributed by atoms with Crippen LogP contribution in [0.4, 0.5) is 20.2 Å². The van der Waals surface area contributed by atoms with Gasteiger partial charge in [0.15, 0.2) is 5.69 Å². The Bertz CT molecular complexity index is 1680. The number of nitrogens with one attached hydrogen (secondary N) is 2. The highest BCUT2D eigenvalue weighted by Gasteiger charge is 2.45. The summed E-state index contributed by atoms with van der Waals surface area (Å²) in [6.07, 6.45) is 1.42. The molecule has 2 aliphatic heterocycles. The SMILES string of the molecule is COc1ccc(C(=O)Nc2cnn3c2C(=O)N(c2ccc(C(F)(F)c4ccccc4)cc2)[C@@H]2CNC[C@H]23)cc1C#N. The normalized spacial score (nSPS) is 17.9. The standard InChI is InChI=1S/C30H24F2N6O3/c1-41-26-12-7-18(13-19(26)14-33)28(39)36-23-15-35-38-25-17-34-16-24(25)37(29(40)27(23)38)22-10-8-21(9-11-22)30(31,32)20-5-3-2-4-6-20/h2-13,15,24-25,34H,16-17H2,1H3,(H,36,39)/t24-,25-/m1/s1. The van der Waals surface area contributed by atoms with Crippen molar-refractivity contribution in [2.75, 3.05) is 30.4 Å². The first-order valence-electron chi connectivity index (χ1n) is 12.9. The molecule has 0 spiro atoms. The first-order chi connectivity index (χ1) is 19.8. The maximum atomic E-state index is 15.1. The van der Waals surface area contributed by atoms with E-state index in [1.54, 1.807) is 27.8 Å². The number of halogens is 2. The lowest BCUT2D eigenvalue weighted by Crippen LogP contribution is -2.51. The fraction of sp³-hybridized carbons (Fsp3) is 0.200. The van der Waals surface area contributed by atoms with Gasteiger partial charge in [-0.3, -0.25) is 14.3 Å². The predicted molar refractivity (Wildman–Crippen MR) is 146 cm³/mol. The van der Waals surface area contributed by atoms with E-state index in [9.17, 15) is 14.9 Å². The van der Waals surface area contributed by atoms with Crippen molar-refractivity contribution in [1.82, 2.24) is 15.1 Å². The van der Waals surface area contributed by atoms with E-state index in [1.807, 2.05) is 6.07 Å². The molecule has 0 unspecified atom stereocenters. The number of nitrogens with zero attached hydrogens (tertiary/aromatic N) is 4. The van der Waals surface area contributed by atoms with E-state index in [0.717, 1.165) is 0 Å². The molecule has 1 saturated heterocycles. The molecule has 2 amide bonds. The molecule has 41 heavy (non-hydrogen) atoms. The van der Waals surface area contributed by atoms with Gasteiger partial charge >= 0.3 is 0 Å². The molecular weight excluding hydrogens is 530 g/mol. The number of methoxy groups -OCH3 is 1. The molecule has 0 aliphatic carbocycles. The summed E-state index contributed by atoms with van der Waals surface area (Å²) in [5, 5.41) is 19.8. The van der Waals surface area contributed by atoms with Crippen LogP contribution in [0.2, 0.25) is 0 Å². The fourth-order valence-corrected chi connectivity index (χ4v) is 5.43. The minimum Gasteiger partial charge on any atom is -0.495 e. The minimum absolute atomic E-state index is 0.120. The Morgan fingerprint density at radius 1 is 1.07 bits per heavy atom. The van der Waals surface area contributed by atoms with E-state index < -0.39 is 17.7 Å². The van der Waals surface area contributed by atoms with Crippen LogP contribution in [0.25, 0.3) is 0 Å². The number of alkyl halides is 2. The van der Waals surface area contributed by atoms with Crippen LogP contribution in [0.15, 0.2) is 79.0 Å². The number of anilines is 2. The third kappa shape index (κ3) is 4.38. The summed E-state index contributed by atoms with van der Waals surface area (Å²) in [5.41, 5.74) is 0.934. The fourth-order valence-electron chi connectivity index (χ4n) is 5.43. The molecule has 3 aromatic carbocycles. The summed E-state index contributed by atoms with van der Waals surface area (Å²) >= 11 is 0. The highest BCUT2D eigenvalue weighted by atomic mass is 19.3. The van der Waals surface area contributed by atoms with Crippen LogP contribution in [-0.2, 0) is 5.92 Å². The number of amides is 2. The molecule has 0 bridgehead atoms. The molecule has 6 rings (SSSR count). The molecule has 0 radical (unpaired) electrons. The number of benzene rings is 3. The maximum Gasteiger partial charge on any atom is 0.298 e. The van der Waals surface area contributed by atoms with Crippen LogP contribution in [-0.4, -0.2) is 47.8 Å². The number of hydrogen-bond donors (Lipinski definition) is 2. The third-order valence-electron chi connectivity index (χ3n) is 7.49. The molecule has 2 aliphatic rings. The number of nitriles is 1. The van der Waals surface area contributed by atoms with Crippen LogP contribution in [0.5, 0.6) is 5.75 Å². The monoisotopic (exact) mass is 554 g/mol. The quantitative estimate of drug-likeness (QED) is 0.367. The van der Waals surface area contributed by atoms with Crippen molar-refractivity contribution in [3.05, 3.63) is 107 Å². The number of ether oxygens (including phenoxy) is 1. The predicted octanol–water partition coefficient (Wildman–Crippen LogP) is 4.33. The molecule has 206 valence electrons. The summed E-state index contributed by atoms with van der Waals surface area (Å²) in [7, 11) is 1.43. The molecular formula is C30H24F2N6O3. The van der Waals surface area contributed by atoms with Crippen molar-refractivity contribution in [3.63, 3.8) is 0 Å². The Kier molecular flexibility index (Phi) is 6.47. The second kappa shape index (κ2) is 10.1. The van der Waals surface area contributed by atoms with E-state index in [2.05, 4.69) is 15.7 Å². The van der Waals surface area contributed by atoms with Gasteiger partial charge < -0.3 is 20.3 Å². The Morgan fingerprint density at radius 3 is 2.49 bits per heavy atom. The molecule has 1 fully saturated rings. The van der Waals surface area contributed by atoms with E-state index in [-0.39, 0.29) is 45.7 Å². The zero-order valence-corrected chi connectivity index (χ0v) is 21.8. The molecule has 1 aromatic heterocycles. The summed E-state index contributed by atoms with van der Waals surface area (Å²) in [4.78, 5) is 28.6. The largest absolute Gasteiger partial charge is 0.495 e. The first-order valence-corrected chi connectivity index (χ1v) is 12.9. The summed E-state index contributed by atoms with van der Waals surface area (Å²) in [6, 6.07) is 19.2. The van der Waals surface area contributed by atoms with Crippen LogP contribution in [0, 0.1) is 11.3 Å². The van der Waals surface area contributed by atoms with Crippen LogP contribution in [0.3, 0.4) is 0 Å². The molecule has 9 nitrogen and oxygen atoms in total. The second-order valence-corrected chi connectivity index (χ2v) is 9.79. The number of aromatic nitrogens is 2. The number of carbonyl (C=O) groups is 2. The van der Waals surface area contributed by atoms with Gasteiger partial charge in [-0.05, 0) is 30.3 Å². The molecule has 2 N–H and O–H groups in total. The van der Waals surface area contributed by atoms with E-state index in [0.29, 0.717) is 24.5 Å². The first kappa shape index (κ1) is 26.2. The van der Waals surface area contributed by atoms with Gasteiger partial charge in [-0.25, -0.2) is 0 Å². The maximum absolute atomic E-state index is 15.1. The third-order valence-corrected chi connectivity index (χ3v) is 7.49. The Labute approximate surface area is 234 Å². The number of hydrogen-bond acceptors (Lipinski definition) is 6. The van der Waals surface area contributed by atoms with E-state index in [4.69, 9.17) is 4.74 Å². The summed E-state index contributed by atoms with van der Waals surface area (Å²) in [6.45, 7) is 1.02. The van der Waals surface area contributed by atoms with Crippen molar-refractivity contribution in [3.8, 4) is 11.8 Å². The van der Waals surface area contributed by atoms with E-state index in [1.165, 1.54) is 67.9 Å². The zero-order chi connectivity index (χ0) is 28.7. The lowest BCUT2D eigenvalue weighted by molar-refractivity contribution is 0.0428. The second-order valence-electron chi connectivity index (χ2n) is 9.79. The number of fused-ring (bicyclic) bond motifs is 3. The lowest BCUT2D eigenvalue weighted by Gasteiger charge is -2.37. The van der Waals surface area contributed by atoms with Gasteiger partial charge in [0.2, 0.25) is 0 Å². The zero-order valence-electron chi connectivity index (χ0n) is 21.8. The Morgan fingerprint density at radius 2 is 1.78 bits per heavy atom. The van der Waals surface area contributed by atoms with Gasteiger partial charge in [0.25, 0.3) is 17.7 Å². The smallest absolute Gasteiger partial charge is 0.298 e. The topological polar surface area (TPSA) is 112 Å². The van der Waals surface area contributed by atoms with Gasteiger partial charge in [-0.15, -0.1) is 0 Å². The number of carbonyl (C=O) groups excluding carboxylic acids is 2. The average molecular weight is 555 g/mol. The van der Waals surface area contributed by atoms with Crippen LogP contribution >= 0.6 is 0 Å². The lowest BCUT2D eigenvalue weighted by atomic mass is 9.99. The van der Waals surface area contributed by atoms with Gasteiger partial charge in [-0.2, -0.15) is 19.1 Å². The van der Waals surface area contributed by atoms with Gasteiger partial charge in [0.1, 0.15) is 11.8 Å². The molecule has 11 heteroatoms. The molecule has 0 saturated carbocycles. The van der Waals surface area contributed by atoms with Crippen molar-refractivity contribution in [2.45, 2.75) is 18.0 Å². The summed E-state index contributed by atoms with van der Waals surface area (Å²) in [5.74, 6) is -3.81. The summed E-state index contributed by atoms with van der Waals surface area (Å²) < 4.78 is 37.0. The van der Waals surface area contributed by atoms with E-state index >= 15 is 8.78 Å². The number of rotatable bonds is 6. The highest BCUT2D eigenvalue weighted by Crippen LogP contribution is 2.39. The molecule has 4 aromatic rings. The van der Waals surface area contributed by atoms with Crippen molar-refractivity contribution in [1.29, 1.82) is 5.26 Å². The Balaban J connectivity index is 1.31. The van der Waals surface area contributed by atoms with Gasteiger partial charge in [0.05, 0.1) is 36.6 Å². The van der Waals surface area contributed by atoms with Crippen LogP contribution < -0.4 is 20.3 Å². The van der Waals surface area contributed by atoms with Crippen molar-refractivity contribution < 1.29 is 23.1 Å².